The number of hydrogen-bond acceptors (Lipinski definition) is 2. The van der Waals surface area contributed by atoms with Crippen molar-refractivity contribution in [1.29, 1.82) is 0 Å². The molecule has 0 saturated heterocycles. The van der Waals surface area contributed by atoms with E-state index in [4.69, 9.17) is 0 Å². The predicted octanol–water partition coefficient (Wildman–Crippen LogP) is 2.38. The first-order valence-corrected chi connectivity index (χ1v) is 4.88. The van der Waals surface area contributed by atoms with Crippen LogP contribution < -0.4 is 4.48 Å². The van der Waals surface area contributed by atoms with Gasteiger partial charge in [-0.1, -0.05) is 12.1 Å². The number of nitrogens with zero attached hydrogens (tertiary/aromatic N) is 3. The number of pyridine rings is 2. The van der Waals surface area contributed by atoms with Crippen LogP contribution in [-0.4, -0.2) is 24.1 Å². The summed E-state index contributed by atoms with van der Waals surface area (Å²) in [7, 11) is 4.15. The highest BCUT2D eigenvalue weighted by Gasteiger charge is 2.24. The van der Waals surface area contributed by atoms with Crippen molar-refractivity contribution in [3.63, 3.8) is 0 Å². The fraction of sp³-hybridized carbons (Fsp3) is 0.167. The Morgan fingerprint density at radius 3 is 1.60 bits per heavy atom. The Kier molecular flexibility index (Phi) is 2.47. The van der Waals surface area contributed by atoms with E-state index < -0.39 is 0 Å². The molecule has 0 saturated carbocycles. The second-order valence-corrected chi connectivity index (χ2v) is 3.83. The lowest BCUT2D eigenvalue weighted by atomic mass is 10.3. The lowest BCUT2D eigenvalue weighted by Crippen LogP contribution is -2.35. The Bertz CT molecular complexity index is 382. The minimum atomic E-state index is 0.557. The van der Waals surface area contributed by atoms with Gasteiger partial charge in [-0.15, -0.1) is 0 Å². The van der Waals surface area contributed by atoms with Crippen molar-refractivity contribution in [2.24, 2.45) is 0 Å². The van der Waals surface area contributed by atoms with E-state index in [0.29, 0.717) is 4.48 Å². The predicted molar refractivity (Wildman–Crippen MR) is 61.8 cm³/mol. The molecule has 2 aromatic rings. The summed E-state index contributed by atoms with van der Waals surface area (Å²) in [5.41, 5.74) is 0. The third-order valence-electron chi connectivity index (χ3n) is 2.44. The van der Waals surface area contributed by atoms with Crippen LogP contribution in [0.15, 0.2) is 48.8 Å². The smallest absolute Gasteiger partial charge is 0.231 e. The molecule has 3 heteroatoms. The molecule has 2 aromatic heterocycles. The van der Waals surface area contributed by atoms with Crippen molar-refractivity contribution in [2.75, 3.05) is 14.1 Å². The standard InChI is InChI=1S/C12H14N3/c1-15(2,11-7-3-5-9-13-11)12-8-4-6-10-14-12/h3-10H,1-2H3/q+1. The molecule has 3 nitrogen and oxygen atoms in total. The normalized spacial score (nSPS) is 11.3. The van der Waals surface area contributed by atoms with E-state index in [1.165, 1.54) is 0 Å². The fourth-order valence-corrected chi connectivity index (χ4v) is 1.49. The molecule has 76 valence electrons. The van der Waals surface area contributed by atoms with E-state index in [-0.39, 0.29) is 0 Å². The summed E-state index contributed by atoms with van der Waals surface area (Å²) in [6.45, 7) is 0. The van der Waals surface area contributed by atoms with Crippen LogP contribution in [-0.2, 0) is 0 Å². The van der Waals surface area contributed by atoms with Crippen molar-refractivity contribution >= 4 is 11.6 Å². The molecule has 2 rings (SSSR count). The van der Waals surface area contributed by atoms with E-state index in [2.05, 4.69) is 24.1 Å². The molecule has 0 fully saturated rings. The van der Waals surface area contributed by atoms with E-state index in [1.807, 2.05) is 36.4 Å². The van der Waals surface area contributed by atoms with Gasteiger partial charge >= 0.3 is 0 Å². The maximum Gasteiger partial charge on any atom is 0.233 e. The second-order valence-electron chi connectivity index (χ2n) is 3.83. The highest BCUT2D eigenvalue weighted by atomic mass is 15.4. The molecular formula is C12H14N3+. The third-order valence-corrected chi connectivity index (χ3v) is 2.44. The van der Waals surface area contributed by atoms with Gasteiger partial charge in [0.2, 0.25) is 11.6 Å². The first-order valence-electron chi connectivity index (χ1n) is 4.88. The van der Waals surface area contributed by atoms with Gasteiger partial charge in [-0.2, -0.15) is 0 Å². The molecule has 0 N–H and O–H groups in total. The van der Waals surface area contributed by atoms with Gasteiger partial charge in [0.05, 0.1) is 14.1 Å². The van der Waals surface area contributed by atoms with Crippen LogP contribution >= 0.6 is 0 Å². The molecule has 0 aliphatic carbocycles. The minimum absolute atomic E-state index is 0.557. The number of hydrogen-bond donors (Lipinski definition) is 0. The highest BCUT2D eigenvalue weighted by Crippen LogP contribution is 2.25. The van der Waals surface area contributed by atoms with Crippen LogP contribution in [0.3, 0.4) is 0 Å². The average Bonchev–Trinajstić information content (AvgIpc) is 2.31. The van der Waals surface area contributed by atoms with Gasteiger partial charge < -0.3 is 0 Å². The Hall–Kier alpha value is -1.74. The van der Waals surface area contributed by atoms with Crippen molar-refractivity contribution in [1.82, 2.24) is 14.5 Å². The SMILES string of the molecule is C[N+](C)(c1ccccn1)c1ccccn1. The molecule has 15 heavy (non-hydrogen) atoms. The van der Waals surface area contributed by atoms with Gasteiger partial charge in [0, 0.05) is 24.5 Å². The molecule has 0 unspecified atom stereocenters. The van der Waals surface area contributed by atoms with Crippen LogP contribution in [0.25, 0.3) is 0 Å². The molecule has 0 aliphatic heterocycles. The number of quaternary nitrogens is 1. The van der Waals surface area contributed by atoms with Crippen LogP contribution in [0.4, 0.5) is 11.6 Å². The summed E-state index contributed by atoms with van der Waals surface area (Å²) >= 11 is 0. The van der Waals surface area contributed by atoms with Gasteiger partial charge in [-0.3, -0.25) is 0 Å². The summed E-state index contributed by atoms with van der Waals surface area (Å²) in [4.78, 5) is 8.72. The lowest BCUT2D eigenvalue weighted by molar-refractivity contribution is 0.525. The summed E-state index contributed by atoms with van der Waals surface area (Å²) in [6, 6.07) is 11.8. The maximum absolute atomic E-state index is 4.36. The molecule has 0 amide bonds. The van der Waals surface area contributed by atoms with E-state index >= 15 is 0 Å². The number of aromatic nitrogens is 2. The Labute approximate surface area is 89.6 Å². The highest BCUT2D eigenvalue weighted by molar-refractivity contribution is 5.48. The molecule has 2 heterocycles. The number of rotatable bonds is 2. The Balaban J connectivity index is 2.44. The second kappa shape index (κ2) is 3.79. The zero-order valence-electron chi connectivity index (χ0n) is 8.96. The minimum Gasteiger partial charge on any atom is -0.231 e. The van der Waals surface area contributed by atoms with Crippen LogP contribution in [0, 0.1) is 0 Å². The lowest BCUT2D eigenvalue weighted by Gasteiger charge is -2.25. The van der Waals surface area contributed by atoms with Gasteiger partial charge in [0.1, 0.15) is 0 Å². The van der Waals surface area contributed by atoms with Gasteiger partial charge in [0.25, 0.3) is 0 Å². The molecule has 0 spiro atoms. The molecule has 0 aliphatic rings. The first kappa shape index (κ1) is 9.80. The van der Waals surface area contributed by atoms with Crippen molar-refractivity contribution in [3.8, 4) is 0 Å². The van der Waals surface area contributed by atoms with Crippen LogP contribution in [0.2, 0.25) is 0 Å². The third kappa shape index (κ3) is 1.87. The monoisotopic (exact) mass is 200 g/mol. The zero-order chi connectivity index (χ0) is 10.7. The Morgan fingerprint density at radius 1 is 0.800 bits per heavy atom. The van der Waals surface area contributed by atoms with Gasteiger partial charge in [-0.05, 0) is 12.1 Å². The quantitative estimate of drug-likeness (QED) is 0.695. The maximum atomic E-state index is 4.36. The largest absolute Gasteiger partial charge is 0.233 e. The summed E-state index contributed by atoms with van der Waals surface area (Å²) < 4.78 is 0.557. The van der Waals surface area contributed by atoms with E-state index in [1.54, 1.807) is 12.4 Å². The Morgan fingerprint density at radius 2 is 1.27 bits per heavy atom. The molecule has 0 aromatic carbocycles. The van der Waals surface area contributed by atoms with Crippen LogP contribution in [0.5, 0.6) is 0 Å². The van der Waals surface area contributed by atoms with Gasteiger partial charge in [0.15, 0.2) is 0 Å². The molecule has 0 radical (unpaired) electrons. The zero-order valence-corrected chi connectivity index (χ0v) is 8.96. The van der Waals surface area contributed by atoms with Gasteiger partial charge in [-0.25, -0.2) is 14.5 Å². The van der Waals surface area contributed by atoms with Crippen molar-refractivity contribution in [3.05, 3.63) is 48.8 Å². The van der Waals surface area contributed by atoms with Crippen molar-refractivity contribution in [2.45, 2.75) is 0 Å². The molecule has 0 bridgehead atoms. The molecular weight excluding hydrogens is 186 g/mol. The topological polar surface area (TPSA) is 25.8 Å². The van der Waals surface area contributed by atoms with E-state index in [9.17, 15) is 0 Å². The summed E-state index contributed by atoms with van der Waals surface area (Å²) in [6.07, 6.45) is 3.61. The molecule has 0 atom stereocenters. The summed E-state index contributed by atoms with van der Waals surface area (Å²) in [5.74, 6) is 1.97. The summed E-state index contributed by atoms with van der Waals surface area (Å²) in [5, 5.41) is 0. The van der Waals surface area contributed by atoms with E-state index in [0.717, 1.165) is 11.6 Å². The fourth-order valence-electron chi connectivity index (χ4n) is 1.49. The van der Waals surface area contributed by atoms with Crippen LogP contribution in [0.1, 0.15) is 0 Å². The van der Waals surface area contributed by atoms with Crippen molar-refractivity contribution < 1.29 is 0 Å². The first-order chi connectivity index (χ1) is 7.21. The average molecular weight is 200 g/mol.